The molecule has 3 aliphatic rings. The number of nitrogens with zero attached hydrogens (tertiary/aromatic N) is 1. The van der Waals surface area contributed by atoms with E-state index in [-0.39, 0.29) is 5.91 Å². The summed E-state index contributed by atoms with van der Waals surface area (Å²) >= 11 is 0. The van der Waals surface area contributed by atoms with Crippen molar-refractivity contribution >= 4 is 5.91 Å². The molecule has 24 heavy (non-hydrogen) atoms. The first-order valence-electron chi connectivity index (χ1n) is 9.83. The van der Waals surface area contributed by atoms with Crippen LogP contribution < -0.4 is 5.32 Å². The monoisotopic (exact) mass is 326 g/mol. The molecular formula is C21H30N2O. The van der Waals surface area contributed by atoms with Gasteiger partial charge in [0.2, 0.25) is 5.91 Å². The summed E-state index contributed by atoms with van der Waals surface area (Å²) in [5, 5.41) is 3.13. The molecule has 1 aromatic carbocycles. The molecule has 0 aromatic heterocycles. The highest BCUT2D eigenvalue weighted by molar-refractivity contribution is 5.76. The Morgan fingerprint density at radius 2 is 1.79 bits per heavy atom. The minimum Gasteiger partial charge on any atom is -0.352 e. The van der Waals surface area contributed by atoms with Crippen LogP contribution in [0.3, 0.4) is 0 Å². The Labute approximate surface area is 145 Å². The third-order valence-electron chi connectivity index (χ3n) is 6.45. The number of nitrogens with one attached hydrogen (secondary N) is 1. The van der Waals surface area contributed by atoms with Crippen molar-refractivity contribution in [1.82, 2.24) is 10.2 Å². The number of amides is 1. The number of carbonyl (C=O) groups is 1. The molecular weight excluding hydrogens is 296 g/mol. The molecule has 1 N–H and O–H groups in total. The molecule has 0 spiro atoms. The van der Waals surface area contributed by atoms with Gasteiger partial charge in [-0.3, -0.25) is 9.69 Å². The summed E-state index contributed by atoms with van der Waals surface area (Å²) in [5.74, 6) is 2.67. The van der Waals surface area contributed by atoms with E-state index in [0.29, 0.717) is 12.5 Å². The molecule has 1 aliphatic heterocycles. The number of likely N-dealkylation sites (tertiary alicyclic amines) is 1. The van der Waals surface area contributed by atoms with Crippen LogP contribution in [0.4, 0.5) is 0 Å². The van der Waals surface area contributed by atoms with Gasteiger partial charge >= 0.3 is 0 Å². The molecule has 0 unspecified atom stereocenters. The van der Waals surface area contributed by atoms with Crippen molar-refractivity contribution in [1.29, 1.82) is 0 Å². The van der Waals surface area contributed by atoms with Gasteiger partial charge in [-0.1, -0.05) is 30.7 Å². The third-order valence-corrected chi connectivity index (χ3v) is 6.45. The van der Waals surface area contributed by atoms with Crippen LogP contribution >= 0.6 is 0 Å². The van der Waals surface area contributed by atoms with Gasteiger partial charge in [-0.25, -0.2) is 0 Å². The first-order valence-corrected chi connectivity index (χ1v) is 9.83. The molecule has 0 radical (unpaired) electrons. The van der Waals surface area contributed by atoms with Crippen molar-refractivity contribution in [2.45, 2.75) is 58.0 Å². The average Bonchev–Trinajstić information content (AvgIpc) is 3.32. The van der Waals surface area contributed by atoms with E-state index in [1.807, 2.05) is 0 Å². The zero-order chi connectivity index (χ0) is 16.4. The van der Waals surface area contributed by atoms with Gasteiger partial charge in [0.25, 0.3) is 0 Å². The lowest BCUT2D eigenvalue weighted by Crippen LogP contribution is -2.26. The molecule has 3 fully saturated rings. The SMILES string of the molecule is O=C(C[C@@H]1C[C@@H]2CC[C@@H]1C2)NCc1ccc(CN2CCCC2)cc1. The van der Waals surface area contributed by atoms with Crippen LogP contribution in [0, 0.1) is 17.8 Å². The number of rotatable bonds is 6. The van der Waals surface area contributed by atoms with Crippen LogP contribution in [0.5, 0.6) is 0 Å². The first-order chi connectivity index (χ1) is 11.8. The molecule has 1 heterocycles. The van der Waals surface area contributed by atoms with Crippen molar-refractivity contribution in [2.24, 2.45) is 17.8 Å². The minimum absolute atomic E-state index is 0.244. The average molecular weight is 326 g/mol. The van der Waals surface area contributed by atoms with Crippen LogP contribution in [-0.2, 0) is 17.9 Å². The summed E-state index contributed by atoms with van der Waals surface area (Å²) in [6.07, 6.45) is 8.88. The van der Waals surface area contributed by atoms with Crippen molar-refractivity contribution in [3.63, 3.8) is 0 Å². The maximum Gasteiger partial charge on any atom is 0.220 e. The smallest absolute Gasteiger partial charge is 0.220 e. The minimum atomic E-state index is 0.244. The van der Waals surface area contributed by atoms with Gasteiger partial charge in [0.15, 0.2) is 0 Å². The summed E-state index contributed by atoms with van der Waals surface area (Å²) in [6.45, 7) is 4.21. The zero-order valence-corrected chi connectivity index (χ0v) is 14.7. The molecule has 130 valence electrons. The normalized spacial score (nSPS) is 29.2. The Hall–Kier alpha value is -1.35. The van der Waals surface area contributed by atoms with E-state index in [0.717, 1.165) is 24.8 Å². The molecule has 1 amide bonds. The highest BCUT2D eigenvalue weighted by Crippen LogP contribution is 2.49. The van der Waals surface area contributed by atoms with Crippen LogP contribution in [0.2, 0.25) is 0 Å². The molecule has 4 rings (SSSR count). The lowest BCUT2D eigenvalue weighted by Gasteiger charge is -2.21. The number of benzene rings is 1. The summed E-state index contributed by atoms with van der Waals surface area (Å²) < 4.78 is 0. The third kappa shape index (κ3) is 3.83. The Morgan fingerprint density at radius 3 is 2.46 bits per heavy atom. The number of hydrogen-bond donors (Lipinski definition) is 1. The summed E-state index contributed by atoms with van der Waals surface area (Å²) in [4.78, 5) is 14.7. The Bertz CT molecular complexity index is 562. The quantitative estimate of drug-likeness (QED) is 0.864. The lowest BCUT2D eigenvalue weighted by atomic mass is 9.86. The van der Waals surface area contributed by atoms with E-state index in [1.54, 1.807) is 0 Å². The summed E-state index contributed by atoms with van der Waals surface area (Å²) in [5.41, 5.74) is 2.59. The molecule has 3 nitrogen and oxygen atoms in total. The van der Waals surface area contributed by atoms with Gasteiger partial charge in [0, 0.05) is 19.5 Å². The molecule has 2 saturated carbocycles. The van der Waals surface area contributed by atoms with Crippen molar-refractivity contribution in [2.75, 3.05) is 13.1 Å². The summed E-state index contributed by atoms with van der Waals surface area (Å²) in [7, 11) is 0. The molecule has 3 atom stereocenters. The van der Waals surface area contributed by atoms with E-state index >= 15 is 0 Å². The van der Waals surface area contributed by atoms with Crippen LogP contribution in [-0.4, -0.2) is 23.9 Å². The highest BCUT2D eigenvalue weighted by atomic mass is 16.1. The van der Waals surface area contributed by atoms with E-state index in [9.17, 15) is 4.79 Å². The number of fused-ring (bicyclic) bond motifs is 2. The summed E-state index contributed by atoms with van der Waals surface area (Å²) in [6, 6.07) is 8.78. The molecule has 1 saturated heterocycles. The van der Waals surface area contributed by atoms with Gasteiger partial charge in [-0.2, -0.15) is 0 Å². The van der Waals surface area contributed by atoms with Crippen molar-refractivity contribution < 1.29 is 4.79 Å². The van der Waals surface area contributed by atoms with Crippen molar-refractivity contribution in [3.05, 3.63) is 35.4 Å². The van der Waals surface area contributed by atoms with Gasteiger partial charge < -0.3 is 5.32 Å². The fourth-order valence-electron chi connectivity index (χ4n) is 5.10. The van der Waals surface area contributed by atoms with E-state index in [4.69, 9.17) is 0 Å². The van der Waals surface area contributed by atoms with Gasteiger partial charge in [-0.15, -0.1) is 0 Å². The topological polar surface area (TPSA) is 32.3 Å². The zero-order valence-electron chi connectivity index (χ0n) is 14.7. The van der Waals surface area contributed by atoms with Gasteiger partial charge in [0.1, 0.15) is 0 Å². The van der Waals surface area contributed by atoms with Gasteiger partial charge in [-0.05, 0) is 74.1 Å². The Balaban J connectivity index is 1.21. The fourth-order valence-corrected chi connectivity index (χ4v) is 5.10. The fraction of sp³-hybridized carbons (Fsp3) is 0.667. The number of hydrogen-bond acceptors (Lipinski definition) is 2. The van der Waals surface area contributed by atoms with Crippen molar-refractivity contribution in [3.8, 4) is 0 Å². The lowest BCUT2D eigenvalue weighted by molar-refractivity contribution is -0.122. The van der Waals surface area contributed by atoms with Gasteiger partial charge in [0.05, 0.1) is 0 Å². The molecule has 1 aromatic rings. The second-order valence-corrected chi connectivity index (χ2v) is 8.22. The Morgan fingerprint density at radius 1 is 1.04 bits per heavy atom. The Kier molecular flexibility index (Phi) is 4.88. The second kappa shape index (κ2) is 7.26. The number of carbonyl (C=O) groups excluding carboxylic acids is 1. The largest absolute Gasteiger partial charge is 0.352 e. The first kappa shape index (κ1) is 16.1. The van der Waals surface area contributed by atoms with E-state index in [2.05, 4.69) is 34.5 Å². The maximum absolute atomic E-state index is 12.2. The molecule has 2 bridgehead atoms. The standard InChI is InChI=1S/C21H30N2O/c24-21(13-20-12-18-7-8-19(20)11-18)22-14-16-3-5-17(6-4-16)15-23-9-1-2-10-23/h3-6,18-20H,1-2,7-15H2,(H,22,24)/t18-,19-,20+/m1/s1. The van der Waals surface area contributed by atoms with Crippen LogP contribution in [0.25, 0.3) is 0 Å². The van der Waals surface area contributed by atoms with E-state index < -0.39 is 0 Å². The van der Waals surface area contributed by atoms with Crippen LogP contribution in [0.1, 0.15) is 56.1 Å². The predicted molar refractivity (Wildman–Crippen MR) is 96.4 cm³/mol. The molecule has 2 aliphatic carbocycles. The van der Waals surface area contributed by atoms with Crippen LogP contribution in [0.15, 0.2) is 24.3 Å². The predicted octanol–water partition coefficient (Wildman–Crippen LogP) is 3.72. The maximum atomic E-state index is 12.2. The second-order valence-electron chi connectivity index (χ2n) is 8.22. The van der Waals surface area contributed by atoms with E-state index in [1.165, 1.54) is 62.7 Å². The molecule has 3 heteroatoms. The highest BCUT2D eigenvalue weighted by Gasteiger charge is 2.39.